The molecular weight excluding hydrogens is 288 g/mol. The van der Waals surface area contributed by atoms with Crippen LogP contribution in [0.15, 0.2) is 35.9 Å². The first-order chi connectivity index (χ1) is 11.1. The minimum absolute atomic E-state index is 0.388. The average molecular weight is 325 g/mol. The molecule has 1 atom stereocenters. The standard InChI is InChI=1S/C19H36N2O2/c1-5-8-10-17(7-3)15-23-19(11-12-20)18(21)14-16(4)22-13-9-6-2/h11,14,17H,4-10,12-13,15,20-21H2,1-3H3/b18-14+,19-11+. The Labute approximate surface area is 142 Å². The second-order valence-electron chi connectivity index (χ2n) is 5.80. The highest BCUT2D eigenvalue weighted by Crippen LogP contribution is 2.17. The maximum Gasteiger partial charge on any atom is 0.139 e. The van der Waals surface area contributed by atoms with Crippen molar-refractivity contribution in [3.63, 3.8) is 0 Å². The molecule has 0 rings (SSSR count). The summed E-state index contributed by atoms with van der Waals surface area (Å²) in [4.78, 5) is 0. The molecule has 0 aliphatic heterocycles. The lowest BCUT2D eigenvalue weighted by Gasteiger charge is -2.18. The van der Waals surface area contributed by atoms with Crippen LogP contribution in [0.4, 0.5) is 0 Å². The maximum absolute atomic E-state index is 6.11. The lowest BCUT2D eigenvalue weighted by atomic mass is 10.0. The molecule has 23 heavy (non-hydrogen) atoms. The average Bonchev–Trinajstić information content (AvgIpc) is 2.54. The van der Waals surface area contributed by atoms with Gasteiger partial charge in [0.25, 0.3) is 0 Å². The molecule has 0 radical (unpaired) electrons. The van der Waals surface area contributed by atoms with E-state index in [1.54, 1.807) is 12.2 Å². The third-order valence-corrected chi connectivity index (χ3v) is 3.71. The largest absolute Gasteiger partial charge is 0.494 e. The Kier molecular flexibility index (Phi) is 13.3. The monoisotopic (exact) mass is 324 g/mol. The SMILES string of the molecule is C=C(/C=C(N)\C(=C/CN)OCC(CC)CCCC)OCCCC. The van der Waals surface area contributed by atoms with Crippen LogP contribution in [0.2, 0.25) is 0 Å². The van der Waals surface area contributed by atoms with Crippen LogP contribution in [0.5, 0.6) is 0 Å². The van der Waals surface area contributed by atoms with Crippen LogP contribution in [0.1, 0.15) is 59.3 Å². The van der Waals surface area contributed by atoms with Gasteiger partial charge in [0.2, 0.25) is 0 Å². The number of nitrogens with two attached hydrogens (primary N) is 2. The summed E-state index contributed by atoms with van der Waals surface area (Å²) in [7, 11) is 0. The highest BCUT2D eigenvalue weighted by Gasteiger charge is 2.10. The fourth-order valence-electron chi connectivity index (χ4n) is 2.11. The number of allylic oxidation sites excluding steroid dienone is 1. The van der Waals surface area contributed by atoms with Crippen LogP contribution in [0, 0.1) is 5.92 Å². The Morgan fingerprint density at radius 1 is 1.13 bits per heavy atom. The molecule has 0 saturated carbocycles. The Bertz CT molecular complexity index is 376. The second kappa shape index (κ2) is 14.2. The van der Waals surface area contributed by atoms with Gasteiger partial charge in [-0.3, -0.25) is 0 Å². The van der Waals surface area contributed by atoms with Crippen LogP contribution >= 0.6 is 0 Å². The van der Waals surface area contributed by atoms with Crippen molar-refractivity contribution in [1.82, 2.24) is 0 Å². The quantitative estimate of drug-likeness (QED) is 0.285. The van der Waals surface area contributed by atoms with Gasteiger partial charge in [0, 0.05) is 12.6 Å². The maximum atomic E-state index is 6.11. The topological polar surface area (TPSA) is 70.5 Å². The highest BCUT2D eigenvalue weighted by molar-refractivity contribution is 5.28. The third kappa shape index (κ3) is 10.9. The molecular formula is C19H36N2O2. The predicted molar refractivity (Wildman–Crippen MR) is 98.7 cm³/mol. The van der Waals surface area contributed by atoms with Gasteiger partial charge in [-0.15, -0.1) is 0 Å². The molecule has 4 heteroatoms. The van der Waals surface area contributed by atoms with Gasteiger partial charge in [0.1, 0.15) is 11.5 Å². The molecule has 0 bridgehead atoms. The van der Waals surface area contributed by atoms with Gasteiger partial charge >= 0.3 is 0 Å². The summed E-state index contributed by atoms with van der Waals surface area (Å²) < 4.78 is 11.4. The Hall–Kier alpha value is -1.42. The van der Waals surface area contributed by atoms with Gasteiger partial charge in [-0.1, -0.05) is 53.0 Å². The summed E-state index contributed by atoms with van der Waals surface area (Å²) in [6, 6.07) is 0. The minimum atomic E-state index is 0.388. The lowest BCUT2D eigenvalue weighted by molar-refractivity contribution is 0.160. The Morgan fingerprint density at radius 3 is 2.39 bits per heavy atom. The first-order valence-electron chi connectivity index (χ1n) is 8.91. The summed E-state index contributed by atoms with van der Waals surface area (Å²) in [5, 5.41) is 0. The molecule has 0 saturated heterocycles. The van der Waals surface area contributed by atoms with Crippen molar-refractivity contribution in [2.24, 2.45) is 17.4 Å². The molecule has 1 unspecified atom stereocenters. The molecule has 134 valence electrons. The van der Waals surface area contributed by atoms with Crippen molar-refractivity contribution in [2.75, 3.05) is 19.8 Å². The van der Waals surface area contributed by atoms with Crippen molar-refractivity contribution in [3.8, 4) is 0 Å². The lowest BCUT2D eigenvalue weighted by Crippen LogP contribution is -2.14. The molecule has 0 aromatic carbocycles. The van der Waals surface area contributed by atoms with E-state index in [4.69, 9.17) is 20.9 Å². The van der Waals surface area contributed by atoms with Crippen molar-refractivity contribution in [2.45, 2.75) is 59.3 Å². The van der Waals surface area contributed by atoms with Gasteiger partial charge in [-0.05, 0) is 24.8 Å². The molecule has 0 spiro atoms. The Balaban J connectivity index is 4.58. The zero-order chi connectivity index (χ0) is 17.5. The van der Waals surface area contributed by atoms with E-state index >= 15 is 0 Å². The van der Waals surface area contributed by atoms with Gasteiger partial charge in [-0.25, -0.2) is 0 Å². The van der Waals surface area contributed by atoms with E-state index in [-0.39, 0.29) is 0 Å². The van der Waals surface area contributed by atoms with Gasteiger partial charge in [-0.2, -0.15) is 0 Å². The molecule has 4 N–H and O–H groups in total. The number of hydrogen-bond donors (Lipinski definition) is 2. The number of unbranched alkanes of at least 4 members (excludes halogenated alkanes) is 2. The van der Waals surface area contributed by atoms with E-state index in [0.29, 0.717) is 42.9 Å². The van der Waals surface area contributed by atoms with Crippen LogP contribution in [0.25, 0.3) is 0 Å². The molecule has 4 nitrogen and oxygen atoms in total. The molecule has 0 fully saturated rings. The molecule has 0 aliphatic rings. The van der Waals surface area contributed by atoms with Crippen molar-refractivity contribution in [3.05, 3.63) is 35.9 Å². The number of rotatable bonds is 14. The van der Waals surface area contributed by atoms with E-state index in [9.17, 15) is 0 Å². The molecule has 0 heterocycles. The molecule has 0 aromatic heterocycles. The zero-order valence-electron chi connectivity index (χ0n) is 15.3. The van der Waals surface area contributed by atoms with E-state index < -0.39 is 0 Å². The van der Waals surface area contributed by atoms with E-state index in [0.717, 1.165) is 19.3 Å². The summed E-state index contributed by atoms with van der Waals surface area (Å²) in [5.74, 6) is 1.73. The first-order valence-corrected chi connectivity index (χ1v) is 8.91. The summed E-state index contributed by atoms with van der Waals surface area (Å²) in [5.41, 5.74) is 12.2. The summed E-state index contributed by atoms with van der Waals surface area (Å²) >= 11 is 0. The summed E-state index contributed by atoms with van der Waals surface area (Å²) in [6.45, 7) is 12.1. The normalized spacial score (nSPS) is 13.7. The van der Waals surface area contributed by atoms with E-state index in [2.05, 4.69) is 27.4 Å². The van der Waals surface area contributed by atoms with Gasteiger partial charge < -0.3 is 20.9 Å². The fourth-order valence-corrected chi connectivity index (χ4v) is 2.11. The summed E-state index contributed by atoms with van der Waals surface area (Å²) in [6.07, 6.45) is 10.3. The van der Waals surface area contributed by atoms with Gasteiger partial charge in [0.05, 0.1) is 18.9 Å². The molecule has 0 aliphatic carbocycles. The fraction of sp³-hybridized carbons (Fsp3) is 0.684. The van der Waals surface area contributed by atoms with Crippen molar-refractivity contribution < 1.29 is 9.47 Å². The zero-order valence-corrected chi connectivity index (χ0v) is 15.3. The van der Waals surface area contributed by atoms with Crippen LogP contribution in [0.3, 0.4) is 0 Å². The van der Waals surface area contributed by atoms with Crippen molar-refractivity contribution >= 4 is 0 Å². The Morgan fingerprint density at radius 2 is 1.83 bits per heavy atom. The highest BCUT2D eigenvalue weighted by atomic mass is 16.5. The second-order valence-corrected chi connectivity index (χ2v) is 5.80. The van der Waals surface area contributed by atoms with Crippen LogP contribution in [-0.2, 0) is 9.47 Å². The first kappa shape index (κ1) is 21.6. The van der Waals surface area contributed by atoms with Gasteiger partial charge in [0.15, 0.2) is 0 Å². The number of ether oxygens (including phenoxy) is 2. The van der Waals surface area contributed by atoms with E-state index in [1.165, 1.54) is 19.3 Å². The molecule has 0 amide bonds. The van der Waals surface area contributed by atoms with E-state index in [1.807, 2.05) is 0 Å². The van der Waals surface area contributed by atoms with Crippen molar-refractivity contribution in [1.29, 1.82) is 0 Å². The number of hydrogen-bond acceptors (Lipinski definition) is 4. The third-order valence-electron chi connectivity index (χ3n) is 3.71. The smallest absolute Gasteiger partial charge is 0.139 e. The van der Waals surface area contributed by atoms with Crippen LogP contribution in [-0.4, -0.2) is 19.8 Å². The minimum Gasteiger partial charge on any atom is -0.494 e. The predicted octanol–water partition coefficient (Wildman–Crippen LogP) is 4.24. The molecule has 0 aromatic rings. The van der Waals surface area contributed by atoms with Crippen LogP contribution < -0.4 is 11.5 Å².